The van der Waals surface area contributed by atoms with Crippen molar-refractivity contribution >= 4 is 11.4 Å². The van der Waals surface area contributed by atoms with Gasteiger partial charge in [0.15, 0.2) is 0 Å². The van der Waals surface area contributed by atoms with Gasteiger partial charge < -0.3 is 4.74 Å². The van der Waals surface area contributed by atoms with Crippen LogP contribution in [0.4, 0.5) is 5.69 Å². The number of hydrogen-bond acceptors (Lipinski definition) is 2. The first-order valence-electron chi connectivity index (χ1n) is 8.87. The summed E-state index contributed by atoms with van der Waals surface area (Å²) in [7, 11) is 1.81. The Morgan fingerprint density at radius 1 is 1.00 bits per heavy atom. The molecule has 2 atom stereocenters. The van der Waals surface area contributed by atoms with Gasteiger partial charge in [-0.1, -0.05) is 12.8 Å². The summed E-state index contributed by atoms with van der Waals surface area (Å²) >= 11 is 0. The van der Waals surface area contributed by atoms with E-state index in [-0.39, 0.29) is 5.41 Å². The molecule has 0 amide bonds. The molecule has 0 radical (unpaired) electrons. The molecule has 2 saturated carbocycles. The van der Waals surface area contributed by atoms with Gasteiger partial charge in [0.05, 0.1) is 12.8 Å². The van der Waals surface area contributed by atoms with E-state index in [0.29, 0.717) is 0 Å². The summed E-state index contributed by atoms with van der Waals surface area (Å²) in [6.45, 7) is 6.67. The Hall–Kier alpha value is -1.31. The highest BCUT2D eigenvalue weighted by Gasteiger charge is 2.53. The van der Waals surface area contributed by atoms with Crippen molar-refractivity contribution in [3.05, 3.63) is 22.3 Å². The smallest absolute Gasteiger partial charge is 0.125 e. The zero-order valence-corrected chi connectivity index (χ0v) is 14.4. The Morgan fingerprint density at radius 3 is 2.55 bits per heavy atom. The largest absolute Gasteiger partial charge is 0.496 e. The molecule has 22 heavy (non-hydrogen) atoms. The van der Waals surface area contributed by atoms with E-state index in [2.05, 4.69) is 20.8 Å². The minimum atomic E-state index is 0.252. The van der Waals surface area contributed by atoms with E-state index in [1.54, 1.807) is 0 Å². The molecular weight excluding hydrogens is 270 g/mol. The van der Waals surface area contributed by atoms with Crippen LogP contribution in [0.25, 0.3) is 0 Å². The maximum Gasteiger partial charge on any atom is 0.125 e. The Bertz CT molecular complexity index is 671. The summed E-state index contributed by atoms with van der Waals surface area (Å²) in [5.41, 5.74) is 8.53. The fraction of sp³-hybridized carbons (Fsp3) is 0.650. The first-order chi connectivity index (χ1) is 10.6. The number of nitrogens with zero attached hydrogens (tertiary/aromatic N) is 1. The minimum absolute atomic E-state index is 0.252. The third-order valence-corrected chi connectivity index (χ3v) is 6.66. The SMILES string of the molecule is COc1c(C)c(C)c2c(c1C)[C@]13CCCC[C@H]1CCCC3=N2. The van der Waals surface area contributed by atoms with Crippen LogP contribution in [-0.2, 0) is 5.41 Å². The van der Waals surface area contributed by atoms with Gasteiger partial charge in [-0.05, 0) is 81.0 Å². The van der Waals surface area contributed by atoms with Crippen molar-refractivity contribution in [3.63, 3.8) is 0 Å². The first kappa shape index (κ1) is 14.3. The average Bonchev–Trinajstić information content (AvgIpc) is 2.87. The molecule has 0 saturated heterocycles. The van der Waals surface area contributed by atoms with Crippen LogP contribution in [0.3, 0.4) is 0 Å². The van der Waals surface area contributed by atoms with Crippen LogP contribution >= 0.6 is 0 Å². The van der Waals surface area contributed by atoms with Crippen LogP contribution in [0.15, 0.2) is 4.99 Å². The topological polar surface area (TPSA) is 21.6 Å². The molecule has 1 heterocycles. The summed E-state index contributed by atoms with van der Waals surface area (Å²) in [4.78, 5) is 5.21. The fourth-order valence-corrected chi connectivity index (χ4v) is 5.62. The van der Waals surface area contributed by atoms with Gasteiger partial charge in [-0.3, -0.25) is 4.99 Å². The van der Waals surface area contributed by atoms with Gasteiger partial charge in [0.2, 0.25) is 0 Å². The predicted octanol–water partition coefficient (Wildman–Crippen LogP) is 5.32. The van der Waals surface area contributed by atoms with Gasteiger partial charge in [0.1, 0.15) is 5.75 Å². The molecule has 2 aliphatic carbocycles. The molecule has 118 valence electrons. The molecule has 1 aliphatic heterocycles. The van der Waals surface area contributed by atoms with E-state index in [1.165, 1.54) is 78.6 Å². The van der Waals surface area contributed by atoms with Crippen LogP contribution in [-0.4, -0.2) is 12.8 Å². The number of benzene rings is 1. The number of aliphatic imine (C=N–C) groups is 1. The highest BCUT2D eigenvalue weighted by molar-refractivity contribution is 6.04. The molecule has 2 nitrogen and oxygen atoms in total. The second-order valence-electron chi connectivity index (χ2n) is 7.50. The third kappa shape index (κ3) is 1.59. The lowest BCUT2D eigenvalue weighted by atomic mass is 9.55. The van der Waals surface area contributed by atoms with Gasteiger partial charge in [0, 0.05) is 11.1 Å². The molecule has 2 fully saturated rings. The maximum absolute atomic E-state index is 5.79. The van der Waals surface area contributed by atoms with Crippen molar-refractivity contribution < 1.29 is 4.74 Å². The summed E-state index contributed by atoms with van der Waals surface area (Å²) < 4.78 is 5.79. The second kappa shape index (κ2) is 4.84. The fourth-order valence-electron chi connectivity index (χ4n) is 5.62. The van der Waals surface area contributed by atoms with Crippen molar-refractivity contribution in [1.82, 2.24) is 0 Å². The molecule has 0 aromatic heterocycles. The lowest BCUT2D eigenvalue weighted by Crippen LogP contribution is -2.46. The Balaban J connectivity index is 2.03. The standard InChI is InChI=1S/C20H27NO/c1-12-13(2)19(22-4)14(3)17-18(12)21-16-10-7-9-15-8-5-6-11-20(15,16)17/h15H,5-11H2,1-4H3/t15-,20+/m0/s1. The van der Waals surface area contributed by atoms with Crippen LogP contribution < -0.4 is 4.74 Å². The monoisotopic (exact) mass is 297 g/mol. The number of fused-ring (bicyclic) bond motifs is 1. The molecule has 1 aromatic rings. The van der Waals surface area contributed by atoms with E-state index < -0.39 is 0 Å². The number of methoxy groups -OCH3 is 1. The summed E-state index contributed by atoms with van der Waals surface area (Å²) in [5.74, 6) is 1.90. The summed E-state index contributed by atoms with van der Waals surface area (Å²) in [5, 5.41) is 0. The lowest BCUT2D eigenvalue weighted by Gasteiger charge is -2.47. The molecule has 2 heteroatoms. The van der Waals surface area contributed by atoms with E-state index in [4.69, 9.17) is 9.73 Å². The quantitative estimate of drug-likeness (QED) is 0.687. The van der Waals surface area contributed by atoms with Gasteiger partial charge in [-0.25, -0.2) is 0 Å². The Kier molecular flexibility index (Phi) is 3.15. The van der Waals surface area contributed by atoms with Crippen molar-refractivity contribution in [2.45, 2.75) is 71.1 Å². The van der Waals surface area contributed by atoms with Gasteiger partial charge >= 0.3 is 0 Å². The molecule has 0 bridgehead atoms. The molecule has 3 aliphatic rings. The van der Waals surface area contributed by atoms with E-state index in [1.807, 2.05) is 7.11 Å². The average molecular weight is 297 g/mol. The summed E-state index contributed by atoms with van der Waals surface area (Å²) in [6, 6.07) is 0. The number of ether oxygens (including phenoxy) is 1. The van der Waals surface area contributed by atoms with E-state index in [0.717, 1.165) is 11.7 Å². The zero-order valence-electron chi connectivity index (χ0n) is 14.4. The molecule has 1 aromatic carbocycles. The van der Waals surface area contributed by atoms with Crippen molar-refractivity contribution in [1.29, 1.82) is 0 Å². The van der Waals surface area contributed by atoms with Crippen molar-refractivity contribution in [2.75, 3.05) is 7.11 Å². The van der Waals surface area contributed by atoms with E-state index >= 15 is 0 Å². The van der Waals surface area contributed by atoms with E-state index in [9.17, 15) is 0 Å². The molecule has 0 unspecified atom stereocenters. The highest BCUT2D eigenvalue weighted by atomic mass is 16.5. The molecular formula is C20H27NO. The highest BCUT2D eigenvalue weighted by Crippen LogP contribution is 2.59. The number of hydrogen-bond donors (Lipinski definition) is 0. The Labute approximate surface area is 134 Å². The lowest BCUT2D eigenvalue weighted by molar-refractivity contribution is 0.220. The number of rotatable bonds is 1. The first-order valence-corrected chi connectivity index (χ1v) is 8.87. The van der Waals surface area contributed by atoms with Crippen LogP contribution in [0.5, 0.6) is 5.75 Å². The predicted molar refractivity (Wildman–Crippen MR) is 91.8 cm³/mol. The Morgan fingerprint density at radius 2 is 1.77 bits per heavy atom. The van der Waals surface area contributed by atoms with Crippen molar-refractivity contribution in [2.24, 2.45) is 10.9 Å². The van der Waals surface area contributed by atoms with Crippen LogP contribution in [0, 0.1) is 26.7 Å². The second-order valence-corrected chi connectivity index (χ2v) is 7.50. The molecule has 4 rings (SSSR count). The van der Waals surface area contributed by atoms with Crippen LogP contribution in [0.1, 0.15) is 67.2 Å². The van der Waals surface area contributed by atoms with Crippen LogP contribution in [0.2, 0.25) is 0 Å². The third-order valence-electron chi connectivity index (χ3n) is 6.66. The van der Waals surface area contributed by atoms with Gasteiger partial charge in [-0.2, -0.15) is 0 Å². The van der Waals surface area contributed by atoms with Crippen molar-refractivity contribution in [3.8, 4) is 5.75 Å². The minimum Gasteiger partial charge on any atom is -0.496 e. The molecule has 1 spiro atoms. The normalized spacial score (nSPS) is 29.5. The summed E-state index contributed by atoms with van der Waals surface area (Å²) in [6.07, 6.45) is 9.34. The zero-order chi connectivity index (χ0) is 15.5. The molecule has 0 N–H and O–H groups in total. The van der Waals surface area contributed by atoms with Gasteiger partial charge in [-0.15, -0.1) is 0 Å². The van der Waals surface area contributed by atoms with Gasteiger partial charge in [0.25, 0.3) is 0 Å². The maximum atomic E-state index is 5.79.